The van der Waals surface area contributed by atoms with Crippen LogP contribution in [0.1, 0.15) is 12.5 Å². The summed E-state index contributed by atoms with van der Waals surface area (Å²) >= 11 is 1.56. The van der Waals surface area contributed by atoms with Gasteiger partial charge in [0.2, 0.25) is 0 Å². The highest BCUT2D eigenvalue weighted by atomic mass is 32.2. The van der Waals surface area contributed by atoms with Gasteiger partial charge >= 0.3 is 0 Å². The number of aromatic nitrogens is 2. The van der Waals surface area contributed by atoms with Crippen molar-refractivity contribution in [1.82, 2.24) is 9.97 Å². The molecule has 1 atom stereocenters. The lowest BCUT2D eigenvalue weighted by Crippen LogP contribution is -2.17. The number of hydrogen-bond donors (Lipinski definition) is 1. The minimum Gasteiger partial charge on any atom is -0.328 e. The zero-order chi connectivity index (χ0) is 12.1. The normalized spacial score (nSPS) is 12.4. The Morgan fingerprint density at radius 3 is 2.41 bits per heavy atom. The Labute approximate surface area is 105 Å². The molecule has 2 aromatic rings. The van der Waals surface area contributed by atoms with Crippen molar-refractivity contribution < 1.29 is 0 Å². The van der Waals surface area contributed by atoms with Gasteiger partial charge in [0.15, 0.2) is 5.16 Å². The van der Waals surface area contributed by atoms with E-state index in [1.807, 2.05) is 13.0 Å². The zero-order valence-electron chi connectivity index (χ0n) is 9.71. The van der Waals surface area contributed by atoms with Crippen LogP contribution in [0.4, 0.5) is 0 Å². The highest BCUT2D eigenvalue weighted by Gasteiger charge is 2.01. The van der Waals surface area contributed by atoms with Crippen molar-refractivity contribution in [1.29, 1.82) is 0 Å². The summed E-state index contributed by atoms with van der Waals surface area (Å²) in [6.07, 6.45) is 4.41. The van der Waals surface area contributed by atoms with E-state index in [9.17, 15) is 0 Å². The molecule has 0 radical (unpaired) electrons. The third-order valence-corrected chi connectivity index (χ3v) is 3.13. The summed E-state index contributed by atoms with van der Waals surface area (Å²) in [5.41, 5.74) is 7.02. The van der Waals surface area contributed by atoms with Gasteiger partial charge in [0.05, 0.1) is 0 Å². The molecule has 0 aliphatic rings. The van der Waals surface area contributed by atoms with E-state index < -0.39 is 0 Å². The zero-order valence-corrected chi connectivity index (χ0v) is 10.5. The molecule has 0 saturated carbocycles. The van der Waals surface area contributed by atoms with Crippen LogP contribution in [0.25, 0.3) is 0 Å². The monoisotopic (exact) mass is 245 g/mol. The predicted octanol–water partition coefficient (Wildman–Crippen LogP) is 2.52. The minimum absolute atomic E-state index is 0.200. The molecule has 0 spiro atoms. The molecule has 0 aliphatic heterocycles. The first kappa shape index (κ1) is 12.1. The van der Waals surface area contributed by atoms with Gasteiger partial charge in [-0.2, -0.15) is 0 Å². The fourth-order valence-corrected chi connectivity index (χ4v) is 2.22. The Morgan fingerprint density at radius 2 is 1.82 bits per heavy atom. The van der Waals surface area contributed by atoms with E-state index >= 15 is 0 Å². The van der Waals surface area contributed by atoms with Gasteiger partial charge in [0, 0.05) is 23.3 Å². The Kier molecular flexibility index (Phi) is 4.12. The lowest BCUT2D eigenvalue weighted by Gasteiger charge is -2.05. The third-order valence-electron chi connectivity index (χ3n) is 2.23. The second-order valence-electron chi connectivity index (χ2n) is 3.96. The van der Waals surface area contributed by atoms with Crippen molar-refractivity contribution in [2.45, 2.75) is 29.4 Å². The Hall–Kier alpha value is -1.39. The summed E-state index contributed by atoms with van der Waals surface area (Å²) < 4.78 is 0. The first-order chi connectivity index (χ1) is 8.24. The first-order valence-electron chi connectivity index (χ1n) is 5.53. The van der Waals surface area contributed by atoms with Crippen LogP contribution in [0.15, 0.2) is 52.8 Å². The number of rotatable bonds is 4. The summed E-state index contributed by atoms with van der Waals surface area (Å²) in [7, 11) is 0. The van der Waals surface area contributed by atoms with E-state index in [-0.39, 0.29) is 6.04 Å². The highest BCUT2D eigenvalue weighted by Crippen LogP contribution is 2.24. The molecule has 3 nitrogen and oxygen atoms in total. The van der Waals surface area contributed by atoms with Crippen molar-refractivity contribution in [2.24, 2.45) is 5.73 Å². The van der Waals surface area contributed by atoms with Gasteiger partial charge in [0.25, 0.3) is 0 Å². The van der Waals surface area contributed by atoms with Crippen molar-refractivity contribution in [2.75, 3.05) is 0 Å². The van der Waals surface area contributed by atoms with Gasteiger partial charge in [-0.25, -0.2) is 9.97 Å². The number of nitrogens with zero attached hydrogens (tertiary/aromatic N) is 2. The van der Waals surface area contributed by atoms with Crippen LogP contribution in [0.5, 0.6) is 0 Å². The van der Waals surface area contributed by atoms with Crippen molar-refractivity contribution in [3.05, 3.63) is 48.3 Å². The Morgan fingerprint density at radius 1 is 1.18 bits per heavy atom. The summed E-state index contributed by atoms with van der Waals surface area (Å²) in [5, 5.41) is 0.771. The lowest BCUT2D eigenvalue weighted by atomic mass is 10.1. The number of nitrogens with two attached hydrogens (primary N) is 1. The smallest absolute Gasteiger partial charge is 0.192 e. The molecule has 1 aromatic carbocycles. The molecule has 88 valence electrons. The third kappa shape index (κ3) is 3.84. The van der Waals surface area contributed by atoms with Crippen molar-refractivity contribution in [3.8, 4) is 0 Å². The van der Waals surface area contributed by atoms with Gasteiger partial charge in [-0.15, -0.1) is 0 Å². The molecule has 1 aromatic heterocycles. The summed E-state index contributed by atoms with van der Waals surface area (Å²) in [6.45, 7) is 2.01. The average molecular weight is 245 g/mol. The maximum absolute atomic E-state index is 5.76. The topological polar surface area (TPSA) is 51.8 Å². The fourth-order valence-electron chi connectivity index (χ4n) is 1.51. The van der Waals surface area contributed by atoms with Crippen LogP contribution < -0.4 is 5.73 Å². The van der Waals surface area contributed by atoms with Crippen LogP contribution in [-0.2, 0) is 6.42 Å². The van der Waals surface area contributed by atoms with Crippen LogP contribution >= 0.6 is 11.8 Å². The molecule has 0 fully saturated rings. The van der Waals surface area contributed by atoms with E-state index in [1.165, 1.54) is 5.56 Å². The fraction of sp³-hybridized carbons (Fsp3) is 0.231. The van der Waals surface area contributed by atoms with Gasteiger partial charge in [-0.1, -0.05) is 12.1 Å². The molecule has 0 amide bonds. The van der Waals surface area contributed by atoms with E-state index in [2.05, 4.69) is 34.2 Å². The Balaban J connectivity index is 2.03. The highest BCUT2D eigenvalue weighted by molar-refractivity contribution is 7.99. The second-order valence-corrected chi connectivity index (χ2v) is 5.00. The maximum Gasteiger partial charge on any atom is 0.192 e. The summed E-state index contributed by atoms with van der Waals surface area (Å²) in [5.74, 6) is 0. The predicted molar refractivity (Wildman–Crippen MR) is 70.0 cm³/mol. The summed E-state index contributed by atoms with van der Waals surface area (Å²) in [6, 6.07) is 10.4. The minimum atomic E-state index is 0.200. The molecule has 0 bridgehead atoms. The lowest BCUT2D eigenvalue weighted by molar-refractivity contribution is 0.737. The molecule has 1 unspecified atom stereocenters. The molecule has 4 heteroatoms. The van der Waals surface area contributed by atoms with Gasteiger partial charge in [-0.05, 0) is 48.9 Å². The molecule has 17 heavy (non-hydrogen) atoms. The SMILES string of the molecule is CC(N)Cc1ccc(Sc2ncccn2)cc1. The van der Waals surface area contributed by atoms with Gasteiger partial charge in [-0.3, -0.25) is 0 Å². The van der Waals surface area contributed by atoms with E-state index in [4.69, 9.17) is 5.73 Å². The van der Waals surface area contributed by atoms with Crippen molar-refractivity contribution in [3.63, 3.8) is 0 Å². The summed E-state index contributed by atoms with van der Waals surface area (Å²) in [4.78, 5) is 9.50. The number of benzene rings is 1. The second kappa shape index (κ2) is 5.80. The molecule has 0 saturated heterocycles. The molecule has 2 rings (SSSR count). The standard InChI is InChI=1S/C13H15N3S/c1-10(14)9-11-3-5-12(6-4-11)17-13-15-7-2-8-16-13/h2-8,10H,9,14H2,1H3. The van der Waals surface area contributed by atoms with Gasteiger partial charge < -0.3 is 5.73 Å². The molecule has 1 heterocycles. The van der Waals surface area contributed by atoms with Crippen molar-refractivity contribution >= 4 is 11.8 Å². The quantitative estimate of drug-likeness (QED) is 0.841. The van der Waals surface area contributed by atoms with Gasteiger partial charge in [0.1, 0.15) is 0 Å². The van der Waals surface area contributed by atoms with Crippen LogP contribution in [0.3, 0.4) is 0 Å². The first-order valence-corrected chi connectivity index (χ1v) is 6.35. The van der Waals surface area contributed by atoms with E-state index in [1.54, 1.807) is 24.2 Å². The molecule has 0 aliphatic carbocycles. The van der Waals surface area contributed by atoms with Crippen LogP contribution in [-0.4, -0.2) is 16.0 Å². The molecular formula is C13H15N3S. The maximum atomic E-state index is 5.76. The Bertz CT molecular complexity index is 454. The largest absolute Gasteiger partial charge is 0.328 e. The number of hydrogen-bond acceptors (Lipinski definition) is 4. The molecule has 2 N–H and O–H groups in total. The van der Waals surface area contributed by atoms with E-state index in [0.29, 0.717) is 0 Å². The van der Waals surface area contributed by atoms with E-state index in [0.717, 1.165) is 16.5 Å². The van der Waals surface area contributed by atoms with Crippen LogP contribution in [0, 0.1) is 0 Å². The average Bonchev–Trinajstić information content (AvgIpc) is 2.32. The van der Waals surface area contributed by atoms with Crippen LogP contribution in [0.2, 0.25) is 0 Å². The molecular weight excluding hydrogens is 230 g/mol.